The van der Waals surface area contributed by atoms with Gasteiger partial charge >= 0.3 is 0 Å². The fourth-order valence-electron chi connectivity index (χ4n) is 1.34. The predicted octanol–water partition coefficient (Wildman–Crippen LogP) is 1.58. The number of hydrogen-bond donors (Lipinski definition) is 0. The second-order valence-electron chi connectivity index (χ2n) is 2.68. The molecule has 3 heteroatoms. The summed E-state index contributed by atoms with van der Waals surface area (Å²) in [5.74, 6) is 0.868. The van der Waals surface area contributed by atoms with E-state index in [4.69, 9.17) is 4.74 Å². The van der Waals surface area contributed by atoms with Gasteiger partial charge in [-0.3, -0.25) is 0 Å². The number of para-hydroxylation sites is 1. The van der Waals surface area contributed by atoms with Crippen molar-refractivity contribution in [2.45, 2.75) is 0 Å². The van der Waals surface area contributed by atoms with Crippen molar-refractivity contribution in [1.29, 1.82) is 0 Å². The quantitative estimate of drug-likeness (QED) is 0.636. The molecule has 0 bridgehead atoms. The molecule has 0 aliphatic carbocycles. The standard InChI is InChI=1S/C9H10N2O/c1-11-6-10-7-4-3-5-8(12-2)9(7)11/h3-6H,1-2H3. The van der Waals surface area contributed by atoms with E-state index in [9.17, 15) is 0 Å². The van der Waals surface area contributed by atoms with Gasteiger partial charge in [0.25, 0.3) is 0 Å². The monoisotopic (exact) mass is 162 g/mol. The Balaban J connectivity index is 2.84. The van der Waals surface area contributed by atoms with E-state index in [1.807, 2.05) is 29.8 Å². The van der Waals surface area contributed by atoms with Crippen LogP contribution in [-0.4, -0.2) is 16.7 Å². The van der Waals surface area contributed by atoms with Gasteiger partial charge in [0, 0.05) is 7.05 Å². The van der Waals surface area contributed by atoms with Crippen LogP contribution < -0.4 is 4.74 Å². The first-order chi connectivity index (χ1) is 5.83. The zero-order valence-corrected chi connectivity index (χ0v) is 7.11. The molecule has 0 radical (unpaired) electrons. The molecule has 0 saturated carbocycles. The van der Waals surface area contributed by atoms with Crippen molar-refractivity contribution in [2.75, 3.05) is 7.11 Å². The molecule has 0 unspecified atom stereocenters. The topological polar surface area (TPSA) is 27.1 Å². The van der Waals surface area contributed by atoms with Crippen LogP contribution in [0.15, 0.2) is 24.5 Å². The zero-order chi connectivity index (χ0) is 8.55. The fraction of sp³-hybridized carbons (Fsp3) is 0.222. The minimum Gasteiger partial charge on any atom is -0.494 e. The Hall–Kier alpha value is -1.51. The smallest absolute Gasteiger partial charge is 0.144 e. The number of aromatic nitrogens is 2. The summed E-state index contributed by atoms with van der Waals surface area (Å²) in [6, 6.07) is 5.84. The molecule has 0 aliphatic heterocycles. The third-order valence-electron chi connectivity index (χ3n) is 1.92. The summed E-state index contributed by atoms with van der Waals surface area (Å²) < 4.78 is 7.16. The van der Waals surface area contributed by atoms with Gasteiger partial charge in [0.05, 0.1) is 19.0 Å². The molecule has 2 rings (SSSR count). The van der Waals surface area contributed by atoms with Crippen LogP contribution in [0.4, 0.5) is 0 Å². The van der Waals surface area contributed by atoms with Crippen LogP contribution in [0.2, 0.25) is 0 Å². The third-order valence-corrected chi connectivity index (χ3v) is 1.92. The largest absolute Gasteiger partial charge is 0.494 e. The lowest BCUT2D eigenvalue weighted by Crippen LogP contribution is -1.89. The third kappa shape index (κ3) is 0.863. The van der Waals surface area contributed by atoms with Crippen LogP contribution in [0.5, 0.6) is 5.75 Å². The fourth-order valence-corrected chi connectivity index (χ4v) is 1.34. The molecule has 0 atom stereocenters. The zero-order valence-electron chi connectivity index (χ0n) is 7.11. The maximum Gasteiger partial charge on any atom is 0.144 e. The van der Waals surface area contributed by atoms with E-state index in [0.717, 1.165) is 16.8 Å². The molecule has 1 aromatic heterocycles. The SMILES string of the molecule is COc1cccc2ncn(C)c12. The normalized spacial score (nSPS) is 10.5. The maximum absolute atomic E-state index is 5.21. The lowest BCUT2D eigenvalue weighted by atomic mass is 10.3. The number of hydrogen-bond acceptors (Lipinski definition) is 2. The Bertz CT molecular complexity index is 406. The lowest BCUT2D eigenvalue weighted by molar-refractivity contribution is 0.418. The van der Waals surface area contributed by atoms with E-state index in [1.165, 1.54) is 0 Å². The van der Waals surface area contributed by atoms with E-state index >= 15 is 0 Å². The summed E-state index contributed by atoms with van der Waals surface area (Å²) in [7, 11) is 3.62. The molecular weight excluding hydrogens is 152 g/mol. The van der Waals surface area contributed by atoms with Gasteiger partial charge in [-0.1, -0.05) is 6.07 Å². The Kier molecular flexibility index (Phi) is 1.50. The minimum atomic E-state index is 0.868. The Morgan fingerprint density at radius 2 is 2.25 bits per heavy atom. The highest BCUT2D eigenvalue weighted by Crippen LogP contribution is 2.23. The number of aryl methyl sites for hydroxylation is 1. The van der Waals surface area contributed by atoms with Crippen LogP contribution in [0.1, 0.15) is 0 Å². The van der Waals surface area contributed by atoms with Crippen LogP contribution in [-0.2, 0) is 7.05 Å². The van der Waals surface area contributed by atoms with Gasteiger partial charge < -0.3 is 9.30 Å². The number of rotatable bonds is 1. The summed E-state index contributed by atoms with van der Waals surface area (Å²) in [5, 5.41) is 0. The second-order valence-corrected chi connectivity index (χ2v) is 2.68. The number of methoxy groups -OCH3 is 1. The first-order valence-electron chi connectivity index (χ1n) is 3.77. The van der Waals surface area contributed by atoms with Crippen LogP contribution >= 0.6 is 0 Å². The first-order valence-corrected chi connectivity index (χ1v) is 3.77. The molecule has 0 saturated heterocycles. The molecule has 0 N–H and O–H groups in total. The molecule has 1 aromatic carbocycles. The van der Waals surface area contributed by atoms with Gasteiger partial charge in [-0.25, -0.2) is 4.98 Å². The van der Waals surface area contributed by atoms with Crippen molar-refractivity contribution < 1.29 is 4.74 Å². The number of fused-ring (bicyclic) bond motifs is 1. The Morgan fingerprint density at radius 1 is 1.42 bits per heavy atom. The van der Waals surface area contributed by atoms with Gasteiger partial charge in [0.2, 0.25) is 0 Å². The van der Waals surface area contributed by atoms with Crippen molar-refractivity contribution >= 4 is 11.0 Å². The molecule has 62 valence electrons. The molecule has 0 amide bonds. The minimum absolute atomic E-state index is 0.868. The second kappa shape index (κ2) is 2.52. The molecule has 1 heterocycles. The van der Waals surface area contributed by atoms with Gasteiger partial charge in [0.15, 0.2) is 0 Å². The van der Waals surface area contributed by atoms with Crippen molar-refractivity contribution in [1.82, 2.24) is 9.55 Å². The number of imidazole rings is 1. The summed E-state index contributed by atoms with van der Waals surface area (Å²) in [6.07, 6.45) is 1.78. The Morgan fingerprint density at radius 3 is 3.00 bits per heavy atom. The van der Waals surface area contributed by atoms with E-state index in [-0.39, 0.29) is 0 Å². The van der Waals surface area contributed by atoms with E-state index in [1.54, 1.807) is 13.4 Å². The van der Waals surface area contributed by atoms with Gasteiger partial charge in [0.1, 0.15) is 11.3 Å². The van der Waals surface area contributed by atoms with Crippen LogP contribution in [0.25, 0.3) is 11.0 Å². The molecular formula is C9H10N2O. The Labute approximate surface area is 70.6 Å². The van der Waals surface area contributed by atoms with Gasteiger partial charge in [-0.05, 0) is 12.1 Å². The van der Waals surface area contributed by atoms with Crippen molar-refractivity contribution in [3.05, 3.63) is 24.5 Å². The average Bonchev–Trinajstić information content (AvgIpc) is 2.48. The highest BCUT2D eigenvalue weighted by atomic mass is 16.5. The van der Waals surface area contributed by atoms with Crippen LogP contribution in [0.3, 0.4) is 0 Å². The predicted molar refractivity (Wildman–Crippen MR) is 47.3 cm³/mol. The van der Waals surface area contributed by atoms with E-state index < -0.39 is 0 Å². The molecule has 0 fully saturated rings. The highest BCUT2D eigenvalue weighted by molar-refractivity contribution is 5.81. The summed E-state index contributed by atoms with van der Waals surface area (Å²) in [4.78, 5) is 4.21. The van der Waals surface area contributed by atoms with Gasteiger partial charge in [-0.2, -0.15) is 0 Å². The average molecular weight is 162 g/mol. The molecule has 0 spiro atoms. The summed E-state index contributed by atoms with van der Waals surface area (Å²) >= 11 is 0. The van der Waals surface area contributed by atoms with E-state index in [0.29, 0.717) is 0 Å². The molecule has 2 aromatic rings. The molecule has 3 nitrogen and oxygen atoms in total. The highest BCUT2D eigenvalue weighted by Gasteiger charge is 2.04. The molecule has 0 aliphatic rings. The van der Waals surface area contributed by atoms with Crippen molar-refractivity contribution in [3.8, 4) is 5.75 Å². The van der Waals surface area contributed by atoms with Crippen molar-refractivity contribution in [3.63, 3.8) is 0 Å². The van der Waals surface area contributed by atoms with Gasteiger partial charge in [-0.15, -0.1) is 0 Å². The van der Waals surface area contributed by atoms with Crippen molar-refractivity contribution in [2.24, 2.45) is 7.05 Å². The van der Waals surface area contributed by atoms with Crippen LogP contribution in [0, 0.1) is 0 Å². The maximum atomic E-state index is 5.21. The summed E-state index contributed by atoms with van der Waals surface area (Å²) in [6.45, 7) is 0. The number of nitrogens with zero attached hydrogens (tertiary/aromatic N) is 2. The number of ether oxygens (including phenoxy) is 1. The summed E-state index contributed by atoms with van der Waals surface area (Å²) in [5.41, 5.74) is 2.01. The van der Waals surface area contributed by atoms with E-state index in [2.05, 4.69) is 4.98 Å². The lowest BCUT2D eigenvalue weighted by Gasteiger charge is -2.01. The number of benzene rings is 1. The first kappa shape index (κ1) is 7.16. The molecule has 12 heavy (non-hydrogen) atoms.